The molecule has 3 aromatic rings. The molecule has 3 aromatic heterocycles. The Morgan fingerprint density at radius 2 is 2.20 bits per heavy atom. The average Bonchev–Trinajstić information content (AvgIpc) is 2.94. The molecule has 4 nitrogen and oxygen atoms in total. The highest BCUT2D eigenvalue weighted by atomic mass is 32.1. The molecule has 0 saturated carbocycles. The second-order valence-electron chi connectivity index (χ2n) is 4.85. The summed E-state index contributed by atoms with van der Waals surface area (Å²) in [7, 11) is 0. The van der Waals surface area contributed by atoms with Crippen molar-refractivity contribution in [2.24, 2.45) is 0 Å². The van der Waals surface area contributed by atoms with E-state index in [0.29, 0.717) is 11.6 Å². The molecule has 0 fully saturated rings. The first-order valence-electron chi connectivity index (χ1n) is 6.44. The summed E-state index contributed by atoms with van der Waals surface area (Å²) in [6, 6.07) is 7.48. The van der Waals surface area contributed by atoms with Crippen LogP contribution < -0.4 is 5.32 Å². The SMILES string of the molecule is Cc1ccc(CC(C)Nc2nc3ccc(F)cn3n2)s1. The zero-order valence-corrected chi connectivity index (χ0v) is 12.1. The Morgan fingerprint density at radius 3 is 2.95 bits per heavy atom. The van der Waals surface area contributed by atoms with Crippen molar-refractivity contribution in [3.8, 4) is 0 Å². The van der Waals surface area contributed by atoms with Crippen molar-refractivity contribution >= 4 is 22.9 Å². The predicted molar refractivity (Wildman–Crippen MR) is 78.8 cm³/mol. The lowest BCUT2D eigenvalue weighted by molar-refractivity contribution is 0.614. The number of rotatable bonds is 4. The second-order valence-corrected chi connectivity index (χ2v) is 6.22. The fraction of sp³-hybridized carbons (Fsp3) is 0.286. The molecule has 1 atom stereocenters. The summed E-state index contributed by atoms with van der Waals surface area (Å²) in [4.78, 5) is 6.96. The van der Waals surface area contributed by atoms with Crippen LogP contribution in [-0.4, -0.2) is 20.6 Å². The van der Waals surface area contributed by atoms with Gasteiger partial charge in [-0.05, 0) is 38.1 Å². The molecule has 0 aliphatic carbocycles. The highest BCUT2D eigenvalue weighted by Crippen LogP contribution is 2.18. The summed E-state index contributed by atoms with van der Waals surface area (Å²) >= 11 is 1.80. The molecule has 0 saturated heterocycles. The Balaban J connectivity index is 1.72. The maximum absolute atomic E-state index is 13.1. The summed E-state index contributed by atoms with van der Waals surface area (Å²) in [5.41, 5.74) is 0.632. The topological polar surface area (TPSA) is 42.2 Å². The minimum Gasteiger partial charge on any atom is -0.350 e. The maximum Gasteiger partial charge on any atom is 0.243 e. The lowest BCUT2D eigenvalue weighted by atomic mass is 10.2. The summed E-state index contributed by atoms with van der Waals surface area (Å²) in [5, 5.41) is 7.47. The number of hydrogen-bond donors (Lipinski definition) is 1. The van der Waals surface area contributed by atoms with E-state index in [4.69, 9.17) is 0 Å². The van der Waals surface area contributed by atoms with Crippen LogP contribution in [0.3, 0.4) is 0 Å². The third-order valence-electron chi connectivity index (χ3n) is 2.97. The zero-order valence-electron chi connectivity index (χ0n) is 11.3. The van der Waals surface area contributed by atoms with Gasteiger partial charge >= 0.3 is 0 Å². The van der Waals surface area contributed by atoms with Crippen molar-refractivity contribution in [3.63, 3.8) is 0 Å². The Morgan fingerprint density at radius 1 is 1.35 bits per heavy atom. The number of aromatic nitrogens is 3. The summed E-state index contributed by atoms with van der Waals surface area (Å²) in [5.74, 6) is 0.201. The van der Waals surface area contributed by atoms with Crippen molar-refractivity contribution in [1.82, 2.24) is 14.6 Å². The number of nitrogens with one attached hydrogen (secondary N) is 1. The molecular formula is C14H15FN4S. The largest absolute Gasteiger partial charge is 0.350 e. The normalized spacial score (nSPS) is 12.8. The van der Waals surface area contributed by atoms with Gasteiger partial charge in [0.2, 0.25) is 5.95 Å². The van der Waals surface area contributed by atoms with Gasteiger partial charge in [0.25, 0.3) is 0 Å². The van der Waals surface area contributed by atoms with Gasteiger partial charge in [0, 0.05) is 22.2 Å². The summed E-state index contributed by atoms with van der Waals surface area (Å²) in [6.07, 6.45) is 2.24. The van der Waals surface area contributed by atoms with E-state index in [0.717, 1.165) is 6.42 Å². The Labute approximate surface area is 120 Å². The fourth-order valence-corrected chi connectivity index (χ4v) is 3.11. The first-order chi connectivity index (χ1) is 9.60. The predicted octanol–water partition coefficient (Wildman–Crippen LogP) is 3.28. The molecule has 0 aromatic carbocycles. The first-order valence-corrected chi connectivity index (χ1v) is 7.25. The van der Waals surface area contributed by atoms with Crippen LogP contribution in [-0.2, 0) is 6.42 Å². The number of anilines is 1. The third kappa shape index (κ3) is 2.80. The zero-order chi connectivity index (χ0) is 14.1. The summed E-state index contributed by atoms with van der Waals surface area (Å²) in [6.45, 7) is 4.19. The maximum atomic E-state index is 13.1. The molecule has 0 amide bonds. The van der Waals surface area contributed by atoms with Crippen LogP contribution in [0, 0.1) is 12.7 Å². The molecule has 3 rings (SSSR count). The summed E-state index contributed by atoms with van der Waals surface area (Å²) < 4.78 is 14.5. The number of pyridine rings is 1. The number of hydrogen-bond acceptors (Lipinski definition) is 4. The van der Waals surface area contributed by atoms with E-state index < -0.39 is 0 Å². The van der Waals surface area contributed by atoms with E-state index in [2.05, 4.69) is 41.4 Å². The van der Waals surface area contributed by atoms with Gasteiger partial charge in [-0.15, -0.1) is 16.4 Å². The van der Waals surface area contributed by atoms with E-state index in [-0.39, 0.29) is 11.9 Å². The van der Waals surface area contributed by atoms with Gasteiger partial charge in [0.1, 0.15) is 5.82 Å². The number of fused-ring (bicyclic) bond motifs is 1. The highest BCUT2D eigenvalue weighted by Gasteiger charge is 2.09. The second kappa shape index (κ2) is 5.20. The highest BCUT2D eigenvalue weighted by molar-refractivity contribution is 7.11. The molecule has 3 heterocycles. The van der Waals surface area contributed by atoms with E-state index in [9.17, 15) is 4.39 Å². The lowest BCUT2D eigenvalue weighted by Crippen LogP contribution is -2.18. The fourth-order valence-electron chi connectivity index (χ4n) is 2.09. The molecule has 0 spiro atoms. The van der Waals surface area contributed by atoms with Crippen molar-refractivity contribution < 1.29 is 4.39 Å². The van der Waals surface area contributed by atoms with Crippen LogP contribution in [0.2, 0.25) is 0 Å². The average molecular weight is 290 g/mol. The van der Waals surface area contributed by atoms with Crippen molar-refractivity contribution in [3.05, 3.63) is 46.0 Å². The molecule has 1 N–H and O–H groups in total. The number of nitrogens with zero attached hydrogens (tertiary/aromatic N) is 3. The Kier molecular flexibility index (Phi) is 3.40. The molecule has 6 heteroatoms. The van der Waals surface area contributed by atoms with E-state index in [1.165, 1.54) is 26.5 Å². The van der Waals surface area contributed by atoms with E-state index >= 15 is 0 Å². The third-order valence-corrected chi connectivity index (χ3v) is 4.00. The molecule has 1 unspecified atom stereocenters. The molecule has 104 valence electrons. The Hall–Kier alpha value is -1.95. The van der Waals surface area contributed by atoms with Gasteiger partial charge in [-0.1, -0.05) is 0 Å². The van der Waals surface area contributed by atoms with Crippen molar-refractivity contribution in [2.75, 3.05) is 5.32 Å². The van der Waals surface area contributed by atoms with Crippen LogP contribution in [0.4, 0.5) is 10.3 Å². The molecule has 0 radical (unpaired) electrons. The van der Waals surface area contributed by atoms with Gasteiger partial charge < -0.3 is 5.32 Å². The molecule has 20 heavy (non-hydrogen) atoms. The van der Waals surface area contributed by atoms with Gasteiger partial charge in [-0.2, -0.15) is 4.98 Å². The standard InChI is InChI=1S/C14H15FN4S/c1-9(7-12-5-3-10(2)20-12)16-14-17-13-6-4-11(15)8-19(13)18-14/h3-6,8-9H,7H2,1-2H3,(H,16,18). The van der Waals surface area contributed by atoms with E-state index in [1.54, 1.807) is 17.4 Å². The molecule has 0 bridgehead atoms. The van der Waals surface area contributed by atoms with Gasteiger partial charge in [-0.25, -0.2) is 8.91 Å². The van der Waals surface area contributed by atoms with Gasteiger partial charge in [0.05, 0.1) is 6.20 Å². The minimum absolute atomic E-state index is 0.218. The number of aryl methyl sites for hydroxylation is 1. The number of halogens is 1. The Bertz CT molecular complexity index is 734. The smallest absolute Gasteiger partial charge is 0.243 e. The number of thiophene rings is 1. The quantitative estimate of drug-likeness (QED) is 0.802. The monoisotopic (exact) mass is 290 g/mol. The molecule has 0 aliphatic heterocycles. The van der Waals surface area contributed by atoms with E-state index in [1.807, 2.05) is 0 Å². The minimum atomic E-state index is -0.323. The lowest BCUT2D eigenvalue weighted by Gasteiger charge is -2.10. The van der Waals surface area contributed by atoms with Crippen LogP contribution in [0.15, 0.2) is 30.5 Å². The first kappa shape index (κ1) is 13.1. The van der Waals surface area contributed by atoms with Gasteiger partial charge in [-0.3, -0.25) is 0 Å². The van der Waals surface area contributed by atoms with Crippen molar-refractivity contribution in [2.45, 2.75) is 26.3 Å². The van der Waals surface area contributed by atoms with Crippen LogP contribution in [0.1, 0.15) is 16.7 Å². The van der Waals surface area contributed by atoms with Crippen molar-refractivity contribution in [1.29, 1.82) is 0 Å². The van der Waals surface area contributed by atoms with Crippen LogP contribution >= 0.6 is 11.3 Å². The van der Waals surface area contributed by atoms with Crippen LogP contribution in [0.25, 0.3) is 5.65 Å². The van der Waals surface area contributed by atoms with Crippen LogP contribution in [0.5, 0.6) is 0 Å². The van der Waals surface area contributed by atoms with Gasteiger partial charge in [0.15, 0.2) is 5.65 Å². The molecule has 0 aliphatic rings. The molecular weight excluding hydrogens is 275 g/mol.